The van der Waals surface area contributed by atoms with E-state index in [1.165, 1.54) is 23.9 Å². The number of carbonyl (C=O) groups is 1. The Balaban J connectivity index is 1.67. The second kappa shape index (κ2) is 9.09. The molecule has 122 valence electrons. The molecule has 0 aliphatic rings. The summed E-state index contributed by atoms with van der Waals surface area (Å²) in [6, 6.07) is 11.9. The summed E-state index contributed by atoms with van der Waals surface area (Å²) >= 11 is 1.37. The van der Waals surface area contributed by atoms with Gasteiger partial charge < -0.3 is 10.1 Å². The second-order valence-electron chi connectivity index (χ2n) is 4.58. The summed E-state index contributed by atoms with van der Waals surface area (Å²) < 4.78 is 28.3. The molecule has 23 heavy (non-hydrogen) atoms. The molecule has 1 aromatic heterocycles. The van der Waals surface area contributed by atoms with Gasteiger partial charge in [-0.15, -0.1) is 0 Å². The maximum absolute atomic E-state index is 12.0. The number of benzene rings is 1. The SMILES string of the molecule is O=C(CSc1ccccn1)NCCc1ccc(OC(F)F)cc1. The number of alkyl halides is 2. The average Bonchev–Trinajstić information content (AvgIpc) is 2.55. The molecule has 0 aliphatic carbocycles. The van der Waals surface area contributed by atoms with E-state index >= 15 is 0 Å². The molecule has 0 radical (unpaired) electrons. The Morgan fingerprint density at radius 1 is 1.22 bits per heavy atom. The number of halogens is 2. The number of carbonyl (C=O) groups excluding carboxylic acids is 1. The molecule has 0 unspecified atom stereocenters. The fourth-order valence-corrected chi connectivity index (χ4v) is 2.50. The molecule has 0 fully saturated rings. The smallest absolute Gasteiger partial charge is 0.387 e. The van der Waals surface area contributed by atoms with Crippen LogP contribution in [0.1, 0.15) is 5.56 Å². The highest BCUT2D eigenvalue weighted by molar-refractivity contribution is 7.99. The summed E-state index contributed by atoms with van der Waals surface area (Å²) in [6.45, 7) is -2.34. The molecule has 0 spiro atoms. The molecular weight excluding hydrogens is 322 g/mol. The first-order valence-corrected chi connectivity index (χ1v) is 7.96. The molecule has 1 N–H and O–H groups in total. The van der Waals surface area contributed by atoms with Gasteiger partial charge in [-0.1, -0.05) is 30.0 Å². The molecule has 7 heteroatoms. The number of rotatable bonds is 8. The van der Waals surface area contributed by atoms with Crippen molar-refractivity contribution < 1.29 is 18.3 Å². The van der Waals surface area contributed by atoms with Crippen LogP contribution in [0.25, 0.3) is 0 Å². The molecule has 2 rings (SSSR count). The van der Waals surface area contributed by atoms with Crippen molar-refractivity contribution in [3.05, 3.63) is 54.2 Å². The minimum atomic E-state index is -2.82. The summed E-state index contributed by atoms with van der Waals surface area (Å²) in [4.78, 5) is 15.8. The largest absolute Gasteiger partial charge is 0.435 e. The van der Waals surface area contributed by atoms with Crippen molar-refractivity contribution in [2.24, 2.45) is 0 Å². The molecule has 0 saturated carbocycles. The van der Waals surface area contributed by atoms with Crippen molar-refractivity contribution in [3.63, 3.8) is 0 Å². The number of hydrogen-bond acceptors (Lipinski definition) is 4. The maximum atomic E-state index is 12.0. The van der Waals surface area contributed by atoms with Gasteiger partial charge in [-0.2, -0.15) is 8.78 Å². The lowest BCUT2D eigenvalue weighted by molar-refractivity contribution is -0.118. The Morgan fingerprint density at radius 2 is 2.00 bits per heavy atom. The van der Waals surface area contributed by atoms with Gasteiger partial charge in [0, 0.05) is 12.7 Å². The number of hydrogen-bond donors (Lipinski definition) is 1. The first-order chi connectivity index (χ1) is 11.1. The van der Waals surface area contributed by atoms with Crippen molar-refractivity contribution in [1.82, 2.24) is 10.3 Å². The Labute approximate surface area is 137 Å². The van der Waals surface area contributed by atoms with E-state index in [0.717, 1.165) is 10.6 Å². The monoisotopic (exact) mass is 338 g/mol. The normalized spacial score (nSPS) is 10.6. The zero-order valence-electron chi connectivity index (χ0n) is 12.2. The Hall–Kier alpha value is -2.15. The predicted molar refractivity (Wildman–Crippen MR) is 84.7 cm³/mol. The third-order valence-electron chi connectivity index (χ3n) is 2.87. The summed E-state index contributed by atoms with van der Waals surface area (Å²) in [5.41, 5.74) is 0.935. The first-order valence-electron chi connectivity index (χ1n) is 6.98. The van der Waals surface area contributed by atoms with Crippen molar-refractivity contribution in [2.45, 2.75) is 18.1 Å². The van der Waals surface area contributed by atoms with Crippen molar-refractivity contribution in [1.29, 1.82) is 0 Å². The molecule has 1 heterocycles. The summed E-state index contributed by atoms with van der Waals surface area (Å²) in [7, 11) is 0. The molecule has 0 saturated heterocycles. The molecule has 0 aliphatic heterocycles. The quantitative estimate of drug-likeness (QED) is 0.752. The summed E-state index contributed by atoms with van der Waals surface area (Å²) in [6.07, 6.45) is 2.30. The first kappa shape index (κ1) is 17.2. The van der Waals surface area contributed by atoms with Crippen LogP contribution >= 0.6 is 11.8 Å². The van der Waals surface area contributed by atoms with E-state index in [0.29, 0.717) is 18.7 Å². The number of pyridine rings is 1. The topological polar surface area (TPSA) is 51.2 Å². The number of nitrogens with zero attached hydrogens (tertiary/aromatic N) is 1. The molecule has 1 amide bonds. The van der Waals surface area contributed by atoms with Crippen LogP contribution in [0.15, 0.2) is 53.7 Å². The summed E-state index contributed by atoms with van der Waals surface area (Å²) in [5.74, 6) is 0.357. The number of aromatic nitrogens is 1. The molecule has 4 nitrogen and oxygen atoms in total. The third kappa shape index (κ3) is 6.65. The summed E-state index contributed by atoms with van der Waals surface area (Å²) in [5, 5.41) is 3.61. The zero-order valence-corrected chi connectivity index (χ0v) is 13.1. The van der Waals surface area contributed by atoms with Gasteiger partial charge in [-0.05, 0) is 36.2 Å². The Kier molecular flexibility index (Phi) is 6.80. The van der Waals surface area contributed by atoms with Crippen molar-refractivity contribution in [3.8, 4) is 5.75 Å². The standard InChI is InChI=1S/C16H16F2N2O2S/c17-16(18)22-13-6-4-12(5-7-13)8-10-19-14(21)11-23-15-3-1-2-9-20-15/h1-7,9,16H,8,10-11H2,(H,19,21). The zero-order chi connectivity index (χ0) is 16.5. The number of thioether (sulfide) groups is 1. The Morgan fingerprint density at radius 3 is 2.65 bits per heavy atom. The van der Waals surface area contributed by atoms with Crippen molar-refractivity contribution >= 4 is 17.7 Å². The average molecular weight is 338 g/mol. The third-order valence-corrected chi connectivity index (χ3v) is 3.82. The Bertz CT molecular complexity index is 609. The lowest BCUT2D eigenvalue weighted by Crippen LogP contribution is -2.27. The fraction of sp³-hybridized carbons (Fsp3) is 0.250. The highest BCUT2D eigenvalue weighted by Crippen LogP contribution is 2.15. The van der Waals surface area contributed by atoms with Crippen LogP contribution in [0.3, 0.4) is 0 Å². The molecule has 1 aromatic carbocycles. The van der Waals surface area contributed by atoms with Gasteiger partial charge in [0.2, 0.25) is 5.91 Å². The van der Waals surface area contributed by atoms with Gasteiger partial charge in [0.1, 0.15) is 5.75 Å². The van der Waals surface area contributed by atoms with E-state index in [4.69, 9.17) is 0 Å². The van der Waals surface area contributed by atoms with Crippen molar-refractivity contribution in [2.75, 3.05) is 12.3 Å². The van der Waals surface area contributed by atoms with Crippen LogP contribution in [0.2, 0.25) is 0 Å². The molecule has 0 atom stereocenters. The highest BCUT2D eigenvalue weighted by Gasteiger charge is 2.05. The lowest BCUT2D eigenvalue weighted by Gasteiger charge is -2.07. The number of ether oxygens (including phenoxy) is 1. The van der Waals surface area contributed by atoms with E-state index in [-0.39, 0.29) is 11.7 Å². The van der Waals surface area contributed by atoms with Gasteiger partial charge >= 0.3 is 6.61 Å². The second-order valence-corrected chi connectivity index (χ2v) is 5.57. The fourth-order valence-electron chi connectivity index (χ4n) is 1.81. The number of amides is 1. The minimum absolute atomic E-state index is 0.0710. The molecule has 0 bridgehead atoms. The van der Waals surface area contributed by atoms with E-state index < -0.39 is 6.61 Å². The maximum Gasteiger partial charge on any atom is 0.387 e. The predicted octanol–water partition coefficient (Wildman–Crippen LogP) is 3.13. The van der Waals surface area contributed by atoms with Crippen LogP contribution in [-0.2, 0) is 11.2 Å². The van der Waals surface area contributed by atoms with Gasteiger partial charge in [0.25, 0.3) is 0 Å². The van der Waals surface area contributed by atoms with Crippen LogP contribution in [0, 0.1) is 0 Å². The van der Waals surface area contributed by atoms with E-state index in [9.17, 15) is 13.6 Å². The minimum Gasteiger partial charge on any atom is -0.435 e. The van der Waals surface area contributed by atoms with Crippen LogP contribution in [0.4, 0.5) is 8.78 Å². The van der Waals surface area contributed by atoms with Crippen LogP contribution in [-0.4, -0.2) is 29.8 Å². The molecule has 2 aromatic rings. The van der Waals surface area contributed by atoms with Gasteiger partial charge in [-0.25, -0.2) is 4.98 Å². The van der Waals surface area contributed by atoms with Crippen LogP contribution < -0.4 is 10.1 Å². The van der Waals surface area contributed by atoms with Crippen LogP contribution in [0.5, 0.6) is 5.75 Å². The van der Waals surface area contributed by atoms with E-state index in [1.807, 2.05) is 18.2 Å². The van der Waals surface area contributed by atoms with Gasteiger partial charge in [0.05, 0.1) is 10.8 Å². The molecular formula is C16H16F2N2O2S. The number of nitrogens with one attached hydrogen (secondary N) is 1. The lowest BCUT2D eigenvalue weighted by atomic mass is 10.1. The van der Waals surface area contributed by atoms with E-state index in [2.05, 4.69) is 15.0 Å². The van der Waals surface area contributed by atoms with Gasteiger partial charge in [-0.3, -0.25) is 4.79 Å². The highest BCUT2D eigenvalue weighted by atomic mass is 32.2. The van der Waals surface area contributed by atoms with Gasteiger partial charge in [0.15, 0.2) is 0 Å². The van der Waals surface area contributed by atoms with E-state index in [1.54, 1.807) is 18.3 Å².